The highest BCUT2D eigenvalue weighted by Crippen LogP contribution is 2.16. The van der Waals surface area contributed by atoms with E-state index in [2.05, 4.69) is 0 Å². The lowest BCUT2D eigenvalue weighted by Crippen LogP contribution is -2.15. The monoisotopic (exact) mass is 265 g/mol. The Morgan fingerprint density at radius 1 is 1.25 bits per heavy atom. The summed E-state index contributed by atoms with van der Waals surface area (Å²) < 4.78 is 28.4. The van der Waals surface area contributed by atoms with Crippen LogP contribution in [0.15, 0.2) is 29.2 Å². The molecule has 2 N–H and O–H groups in total. The predicted octanol–water partition coefficient (Wildman–Crippen LogP) is 1.24. The van der Waals surface area contributed by atoms with Crippen LogP contribution in [0, 0.1) is 0 Å². The van der Waals surface area contributed by atoms with Crippen molar-refractivity contribution in [3.05, 3.63) is 24.3 Å². The Morgan fingerprint density at radius 3 is 2.25 bits per heavy atom. The normalized spacial score (nSPS) is 10.6. The molecule has 6 heteroatoms. The van der Waals surface area contributed by atoms with Crippen LogP contribution in [-0.4, -0.2) is 27.3 Å². The summed E-state index contributed by atoms with van der Waals surface area (Å²) >= 11 is 0. The van der Waals surface area contributed by atoms with Gasteiger partial charge in [0.05, 0.1) is 17.3 Å². The molecule has 92 valence electrons. The Morgan fingerprint density at radius 2 is 1.81 bits per heavy atom. The van der Waals surface area contributed by atoms with E-state index in [0.29, 0.717) is 12.4 Å². The third-order valence-electron chi connectivity index (χ3n) is 1.88. The standard InChI is InChI=1S/C10H15NO3S.ClH/c1-2-14-9-3-5-10(6-4-9)15(12,13)8-7-11;/h3-6H,2,7-8,11H2,1H3;1H. The van der Waals surface area contributed by atoms with Gasteiger partial charge < -0.3 is 10.5 Å². The molecule has 0 amide bonds. The van der Waals surface area contributed by atoms with Crippen molar-refractivity contribution >= 4 is 22.2 Å². The van der Waals surface area contributed by atoms with Crippen LogP contribution in [0.5, 0.6) is 5.75 Å². The van der Waals surface area contributed by atoms with Gasteiger partial charge in [0.15, 0.2) is 9.84 Å². The molecule has 0 bridgehead atoms. The minimum Gasteiger partial charge on any atom is -0.494 e. The first-order valence-corrected chi connectivity index (χ1v) is 6.41. The van der Waals surface area contributed by atoms with E-state index in [4.69, 9.17) is 10.5 Å². The average Bonchev–Trinajstić information content (AvgIpc) is 2.19. The van der Waals surface area contributed by atoms with Gasteiger partial charge in [0.25, 0.3) is 0 Å². The molecule has 0 aliphatic heterocycles. The molecular formula is C10H16ClNO3S. The molecule has 0 aliphatic rings. The number of sulfone groups is 1. The van der Waals surface area contributed by atoms with Crippen LogP contribution in [-0.2, 0) is 9.84 Å². The van der Waals surface area contributed by atoms with Gasteiger partial charge in [-0.1, -0.05) is 0 Å². The number of hydrogen-bond acceptors (Lipinski definition) is 4. The van der Waals surface area contributed by atoms with E-state index in [1.807, 2.05) is 6.92 Å². The zero-order valence-electron chi connectivity index (χ0n) is 9.05. The van der Waals surface area contributed by atoms with Crippen LogP contribution in [0.3, 0.4) is 0 Å². The van der Waals surface area contributed by atoms with Crippen molar-refractivity contribution in [2.45, 2.75) is 11.8 Å². The maximum atomic E-state index is 11.6. The maximum absolute atomic E-state index is 11.6. The molecule has 4 nitrogen and oxygen atoms in total. The first-order chi connectivity index (χ1) is 7.10. The second kappa shape index (κ2) is 6.73. The molecule has 0 fully saturated rings. The van der Waals surface area contributed by atoms with Gasteiger partial charge >= 0.3 is 0 Å². The first kappa shape index (κ1) is 15.2. The summed E-state index contributed by atoms with van der Waals surface area (Å²) in [4.78, 5) is 0.288. The fraction of sp³-hybridized carbons (Fsp3) is 0.400. The summed E-state index contributed by atoms with van der Waals surface area (Å²) in [6.45, 7) is 2.57. The van der Waals surface area contributed by atoms with E-state index in [0.717, 1.165) is 0 Å². The van der Waals surface area contributed by atoms with E-state index in [1.54, 1.807) is 12.1 Å². The van der Waals surface area contributed by atoms with Gasteiger partial charge in [-0.25, -0.2) is 8.42 Å². The number of hydrogen-bond donors (Lipinski definition) is 1. The van der Waals surface area contributed by atoms with Crippen LogP contribution < -0.4 is 10.5 Å². The molecule has 1 aromatic carbocycles. The molecule has 0 saturated carbocycles. The molecule has 0 aromatic heterocycles. The van der Waals surface area contributed by atoms with Crippen LogP contribution >= 0.6 is 12.4 Å². The topological polar surface area (TPSA) is 69.4 Å². The van der Waals surface area contributed by atoms with Crippen molar-refractivity contribution in [2.75, 3.05) is 18.9 Å². The minimum absolute atomic E-state index is 0. The lowest BCUT2D eigenvalue weighted by Gasteiger charge is -2.05. The van der Waals surface area contributed by atoms with Crippen molar-refractivity contribution < 1.29 is 13.2 Å². The molecule has 16 heavy (non-hydrogen) atoms. The van der Waals surface area contributed by atoms with E-state index in [1.165, 1.54) is 12.1 Å². The van der Waals surface area contributed by atoms with Crippen molar-refractivity contribution in [1.29, 1.82) is 0 Å². The van der Waals surface area contributed by atoms with E-state index >= 15 is 0 Å². The van der Waals surface area contributed by atoms with Crippen LogP contribution in [0.1, 0.15) is 6.92 Å². The summed E-state index contributed by atoms with van der Waals surface area (Å²) in [7, 11) is -3.22. The Kier molecular flexibility index (Phi) is 6.40. The molecule has 0 heterocycles. The fourth-order valence-corrected chi connectivity index (χ4v) is 2.28. The third-order valence-corrected chi connectivity index (χ3v) is 3.64. The lowest BCUT2D eigenvalue weighted by molar-refractivity contribution is 0.340. The van der Waals surface area contributed by atoms with E-state index in [-0.39, 0.29) is 29.6 Å². The number of halogens is 1. The molecule has 0 spiro atoms. The lowest BCUT2D eigenvalue weighted by atomic mass is 10.3. The van der Waals surface area contributed by atoms with Crippen molar-refractivity contribution in [2.24, 2.45) is 5.73 Å². The van der Waals surface area contributed by atoms with Crippen molar-refractivity contribution in [3.63, 3.8) is 0 Å². The zero-order valence-corrected chi connectivity index (χ0v) is 10.7. The number of nitrogens with two attached hydrogens (primary N) is 1. The van der Waals surface area contributed by atoms with Crippen molar-refractivity contribution in [1.82, 2.24) is 0 Å². The second-order valence-corrected chi connectivity index (χ2v) is 5.12. The second-order valence-electron chi connectivity index (χ2n) is 3.01. The molecule has 0 saturated heterocycles. The minimum atomic E-state index is -3.22. The molecule has 0 atom stereocenters. The van der Waals surface area contributed by atoms with Gasteiger partial charge in [0.2, 0.25) is 0 Å². The summed E-state index contributed by atoms with van der Waals surface area (Å²) in [5.74, 6) is 0.644. The SMILES string of the molecule is CCOc1ccc(S(=O)(=O)CCN)cc1.Cl. The highest BCUT2D eigenvalue weighted by atomic mass is 35.5. The molecule has 0 radical (unpaired) electrons. The van der Waals surface area contributed by atoms with Gasteiger partial charge in [0, 0.05) is 6.54 Å². The van der Waals surface area contributed by atoms with Crippen LogP contribution in [0.2, 0.25) is 0 Å². The van der Waals surface area contributed by atoms with Gasteiger partial charge in [-0.2, -0.15) is 0 Å². The molecule has 1 rings (SSSR count). The first-order valence-electron chi connectivity index (χ1n) is 4.76. The molecule has 1 aromatic rings. The molecular weight excluding hydrogens is 250 g/mol. The quantitative estimate of drug-likeness (QED) is 0.870. The maximum Gasteiger partial charge on any atom is 0.179 e. The van der Waals surface area contributed by atoms with Crippen molar-refractivity contribution in [3.8, 4) is 5.75 Å². The van der Waals surface area contributed by atoms with Gasteiger partial charge in [-0.3, -0.25) is 0 Å². The Labute approximate surface area is 102 Å². The van der Waals surface area contributed by atoms with Crippen LogP contribution in [0.4, 0.5) is 0 Å². The molecule has 0 unspecified atom stereocenters. The Bertz CT molecular complexity index is 403. The third kappa shape index (κ3) is 4.00. The predicted molar refractivity (Wildman–Crippen MR) is 66.0 cm³/mol. The summed E-state index contributed by atoms with van der Waals surface area (Å²) in [6, 6.07) is 6.37. The zero-order chi connectivity index (χ0) is 11.3. The number of rotatable bonds is 5. The van der Waals surface area contributed by atoms with Gasteiger partial charge in [0.1, 0.15) is 5.75 Å². The Hall–Kier alpha value is -0.780. The average molecular weight is 266 g/mol. The van der Waals surface area contributed by atoms with Gasteiger partial charge in [-0.05, 0) is 31.2 Å². The summed E-state index contributed by atoms with van der Waals surface area (Å²) in [6.07, 6.45) is 0. The van der Waals surface area contributed by atoms with E-state index in [9.17, 15) is 8.42 Å². The summed E-state index contributed by atoms with van der Waals surface area (Å²) in [5, 5.41) is 0. The highest BCUT2D eigenvalue weighted by Gasteiger charge is 2.12. The largest absolute Gasteiger partial charge is 0.494 e. The number of benzene rings is 1. The van der Waals surface area contributed by atoms with Crippen LogP contribution in [0.25, 0.3) is 0 Å². The number of ether oxygens (including phenoxy) is 1. The van der Waals surface area contributed by atoms with E-state index < -0.39 is 9.84 Å². The highest BCUT2D eigenvalue weighted by molar-refractivity contribution is 7.91. The smallest absolute Gasteiger partial charge is 0.179 e. The Balaban J connectivity index is 0.00000225. The van der Waals surface area contributed by atoms with Gasteiger partial charge in [-0.15, -0.1) is 12.4 Å². The fourth-order valence-electron chi connectivity index (χ4n) is 1.18. The molecule has 0 aliphatic carbocycles. The summed E-state index contributed by atoms with van der Waals surface area (Å²) in [5.41, 5.74) is 5.23.